The first-order valence-corrected chi connectivity index (χ1v) is 4.20. The van der Waals surface area contributed by atoms with Gasteiger partial charge in [-0.05, 0) is 0 Å². The molecule has 0 aromatic rings. The highest BCUT2D eigenvalue weighted by atomic mass is 16.5. The van der Waals surface area contributed by atoms with Gasteiger partial charge in [0.1, 0.15) is 0 Å². The molecule has 3 amide bonds. The largest absolute Gasteiger partial charge is 0.383 e. The van der Waals surface area contributed by atoms with Crippen molar-refractivity contribution in [3.8, 4) is 0 Å². The Morgan fingerprint density at radius 1 is 1.29 bits per heavy atom. The summed E-state index contributed by atoms with van der Waals surface area (Å²) in [5.74, 6) is 4.67. The van der Waals surface area contributed by atoms with Gasteiger partial charge in [0.15, 0.2) is 0 Å². The number of carbonyl (C=O) groups is 2. The van der Waals surface area contributed by atoms with Crippen LogP contribution >= 0.6 is 0 Å². The lowest BCUT2D eigenvalue weighted by molar-refractivity contribution is -0.121. The first-order valence-electron chi connectivity index (χ1n) is 4.20. The van der Waals surface area contributed by atoms with E-state index in [1.807, 2.05) is 5.43 Å². The van der Waals surface area contributed by atoms with Crippen molar-refractivity contribution in [2.75, 3.05) is 26.8 Å². The Bertz CT molecular complexity index is 186. The standard InChI is InChI=1S/C7H16N4O3/c1-14-5-4-9-6(12)2-3-10-7(13)11-8/h2-5,8H2,1H3,(H,9,12)(H2,10,11,13). The van der Waals surface area contributed by atoms with Crippen LogP contribution < -0.4 is 21.9 Å². The molecule has 82 valence electrons. The van der Waals surface area contributed by atoms with Gasteiger partial charge in [0.2, 0.25) is 5.91 Å². The van der Waals surface area contributed by atoms with Crippen molar-refractivity contribution < 1.29 is 14.3 Å². The third-order valence-corrected chi connectivity index (χ3v) is 1.40. The first-order chi connectivity index (χ1) is 6.70. The highest BCUT2D eigenvalue weighted by Crippen LogP contribution is 1.77. The molecule has 0 aliphatic heterocycles. The lowest BCUT2D eigenvalue weighted by Crippen LogP contribution is -2.41. The van der Waals surface area contributed by atoms with Gasteiger partial charge < -0.3 is 15.4 Å². The molecule has 0 unspecified atom stereocenters. The predicted octanol–water partition coefficient (Wildman–Crippen LogP) is -1.69. The number of nitrogens with two attached hydrogens (primary N) is 1. The van der Waals surface area contributed by atoms with Gasteiger partial charge in [0.05, 0.1) is 6.61 Å². The van der Waals surface area contributed by atoms with E-state index in [0.29, 0.717) is 13.2 Å². The molecule has 0 rings (SSSR count). The number of hydrogen-bond donors (Lipinski definition) is 4. The molecule has 7 heteroatoms. The molecule has 0 saturated carbocycles. The van der Waals surface area contributed by atoms with E-state index in [2.05, 4.69) is 10.6 Å². The maximum absolute atomic E-state index is 11.0. The molecule has 0 aromatic heterocycles. The molecular formula is C7H16N4O3. The van der Waals surface area contributed by atoms with Gasteiger partial charge in [-0.15, -0.1) is 0 Å². The Hall–Kier alpha value is -1.34. The zero-order valence-corrected chi connectivity index (χ0v) is 8.13. The number of urea groups is 1. The van der Waals surface area contributed by atoms with Crippen LogP contribution in [0.5, 0.6) is 0 Å². The van der Waals surface area contributed by atoms with E-state index in [-0.39, 0.29) is 18.9 Å². The van der Waals surface area contributed by atoms with Crippen LogP contribution in [0.1, 0.15) is 6.42 Å². The Labute approximate surface area is 82.3 Å². The summed E-state index contributed by atoms with van der Waals surface area (Å²) in [5.41, 5.74) is 1.89. The summed E-state index contributed by atoms with van der Waals surface area (Å²) >= 11 is 0. The van der Waals surface area contributed by atoms with E-state index in [9.17, 15) is 9.59 Å². The van der Waals surface area contributed by atoms with Crippen LogP contribution in [0, 0.1) is 0 Å². The molecule has 0 saturated heterocycles. The molecular weight excluding hydrogens is 188 g/mol. The maximum Gasteiger partial charge on any atom is 0.328 e. The maximum atomic E-state index is 11.0. The predicted molar refractivity (Wildman–Crippen MR) is 50.2 cm³/mol. The molecule has 0 fully saturated rings. The average molecular weight is 204 g/mol. The van der Waals surface area contributed by atoms with Crippen molar-refractivity contribution in [2.24, 2.45) is 5.84 Å². The summed E-state index contributed by atoms with van der Waals surface area (Å²) < 4.78 is 4.74. The first kappa shape index (κ1) is 12.7. The number of rotatable bonds is 6. The van der Waals surface area contributed by atoms with Crippen molar-refractivity contribution >= 4 is 11.9 Å². The fourth-order valence-corrected chi connectivity index (χ4v) is 0.721. The van der Waals surface area contributed by atoms with E-state index in [1.165, 1.54) is 0 Å². The minimum atomic E-state index is -0.505. The van der Waals surface area contributed by atoms with Crippen molar-refractivity contribution in [3.05, 3.63) is 0 Å². The normalized spacial score (nSPS) is 9.29. The van der Waals surface area contributed by atoms with E-state index in [4.69, 9.17) is 10.6 Å². The second kappa shape index (κ2) is 8.27. The summed E-state index contributed by atoms with van der Waals surface area (Å²) in [5, 5.41) is 4.99. The van der Waals surface area contributed by atoms with E-state index < -0.39 is 6.03 Å². The van der Waals surface area contributed by atoms with Crippen LogP contribution in [0.3, 0.4) is 0 Å². The second-order valence-electron chi connectivity index (χ2n) is 2.49. The van der Waals surface area contributed by atoms with Crippen LogP contribution in [-0.4, -0.2) is 38.7 Å². The zero-order chi connectivity index (χ0) is 10.8. The third kappa shape index (κ3) is 7.32. The molecule has 5 N–H and O–H groups in total. The highest BCUT2D eigenvalue weighted by molar-refractivity contribution is 5.77. The van der Waals surface area contributed by atoms with Crippen LogP contribution in [0.15, 0.2) is 0 Å². The minimum Gasteiger partial charge on any atom is -0.383 e. The van der Waals surface area contributed by atoms with Gasteiger partial charge in [0, 0.05) is 26.6 Å². The summed E-state index contributed by atoms with van der Waals surface area (Å²) in [7, 11) is 1.55. The Balaban J connectivity index is 3.31. The van der Waals surface area contributed by atoms with Crippen molar-refractivity contribution in [1.29, 1.82) is 0 Å². The Morgan fingerprint density at radius 2 is 2.00 bits per heavy atom. The van der Waals surface area contributed by atoms with Gasteiger partial charge in [-0.1, -0.05) is 0 Å². The number of hydrazine groups is 1. The molecule has 0 heterocycles. The molecule has 0 aromatic carbocycles. The summed E-state index contributed by atoms with van der Waals surface area (Å²) in [6.07, 6.45) is 0.219. The topological polar surface area (TPSA) is 105 Å². The molecule has 0 bridgehead atoms. The van der Waals surface area contributed by atoms with E-state index in [0.717, 1.165) is 0 Å². The number of hydrogen-bond acceptors (Lipinski definition) is 4. The van der Waals surface area contributed by atoms with Crippen LogP contribution in [0.4, 0.5) is 4.79 Å². The quantitative estimate of drug-likeness (QED) is 0.179. The van der Waals surface area contributed by atoms with Crippen LogP contribution in [0.25, 0.3) is 0 Å². The average Bonchev–Trinajstić information content (AvgIpc) is 2.18. The molecule has 0 radical (unpaired) electrons. The fraction of sp³-hybridized carbons (Fsp3) is 0.714. The molecule has 0 spiro atoms. The molecule has 0 aliphatic rings. The minimum absolute atomic E-state index is 0.139. The lowest BCUT2D eigenvalue weighted by Gasteiger charge is -2.05. The van der Waals surface area contributed by atoms with Crippen molar-refractivity contribution in [1.82, 2.24) is 16.1 Å². The number of nitrogens with one attached hydrogen (secondary N) is 3. The van der Waals surface area contributed by atoms with Crippen molar-refractivity contribution in [3.63, 3.8) is 0 Å². The van der Waals surface area contributed by atoms with E-state index >= 15 is 0 Å². The Kier molecular flexibility index (Phi) is 7.48. The number of ether oxygens (including phenoxy) is 1. The zero-order valence-electron chi connectivity index (χ0n) is 8.13. The molecule has 0 aliphatic carbocycles. The van der Waals surface area contributed by atoms with Gasteiger partial charge in [-0.2, -0.15) is 0 Å². The van der Waals surface area contributed by atoms with Gasteiger partial charge >= 0.3 is 6.03 Å². The third-order valence-electron chi connectivity index (χ3n) is 1.40. The van der Waals surface area contributed by atoms with Crippen molar-refractivity contribution in [2.45, 2.75) is 6.42 Å². The smallest absolute Gasteiger partial charge is 0.328 e. The fourth-order valence-electron chi connectivity index (χ4n) is 0.721. The van der Waals surface area contributed by atoms with Crippen LogP contribution in [-0.2, 0) is 9.53 Å². The second-order valence-corrected chi connectivity index (χ2v) is 2.49. The Morgan fingerprint density at radius 3 is 2.57 bits per heavy atom. The molecule has 7 nitrogen and oxygen atoms in total. The molecule has 14 heavy (non-hydrogen) atoms. The SMILES string of the molecule is COCCNC(=O)CCNC(=O)NN. The summed E-state index contributed by atoms with van der Waals surface area (Å²) in [6, 6.07) is -0.505. The summed E-state index contributed by atoms with van der Waals surface area (Å²) in [4.78, 5) is 21.6. The summed E-state index contributed by atoms with van der Waals surface area (Å²) in [6.45, 7) is 1.20. The van der Waals surface area contributed by atoms with Gasteiger partial charge in [0.25, 0.3) is 0 Å². The number of carbonyl (C=O) groups excluding carboxylic acids is 2. The number of methoxy groups -OCH3 is 1. The van der Waals surface area contributed by atoms with Gasteiger partial charge in [-0.25, -0.2) is 10.6 Å². The number of amides is 3. The highest BCUT2D eigenvalue weighted by Gasteiger charge is 2.01. The van der Waals surface area contributed by atoms with Gasteiger partial charge in [-0.3, -0.25) is 10.2 Å². The molecule has 0 atom stereocenters. The monoisotopic (exact) mass is 204 g/mol. The lowest BCUT2D eigenvalue weighted by atomic mass is 10.4. The van der Waals surface area contributed by atoms with Crippen LogP contribution in [0.2, 0.25) is 0 Å². The van der Waals surface area contributed by atoms with E-state index in [1.54, 1.807) is 7.11 Å².